The van der Waals surface area contributed by atoms with Crippen LogP contribution < -0.4 is 10.6 Å². The van der Waals surface area contributed by atoms with Crippen molar-refractivity contribution in [3.63, 3.8) is 0 Å². The van der Waals surface area contributed by atoms with E-state index in [0.717, 1.165) is 47.5 Å². The lowest BCUT2D eigenvalue weighted by atomic mass is 9.53. The number of aryl methyl sites for hydroxylation is 1. The summed E-state index contributed by atoms with van der Waals surface area (Å²) in [5, 5.41) is 6.45. The molecule has 4 saturated carbocycles. The molecule has 0 radical (unpaired) electrons. The van der Waals surface area contributed by atoms with Gasteiger partial charge in [0.25, 0.3) is 5.91 Å². The molecule has 4 fully saturated rings. The van der Waals surface area contributed by atoms with E-state index in [-0.39, 0.29) is 17.4 Å². The molecular formula is C27H32N2O2S. The van der Waals surface area contributed by atoms with Crippen LogP contribution in [0.15, 0.2) is 53.4 Å². The number of thioether (sulfide) groups is 1. The molecule has 0 atom stereocenters. The lowest BCUT2D eigenvalue weighted by Crippen LogP contribution is -2.60. The first kappa shape index (κ1) is 21.6. The summed E-state index contributed by atoms with van der Waals surface area (Å²) in [4.78, 5) is 26.6. The molecule has 2 aromatic rings. The Morgan fingerprint density at radius 1 is 0.938 bits per heavy atom. The van der Waals surface area contributed by atoms with Crippen molar-refractivity contribution in [3.8, 4) is 0 Å². The number of hydrogen-bond acceptors (Lipinski definition) is 3. The second kappa shape index (κ2) is 8.93. The van der Waals surface area contributed by atoms with E-state index in [1.807, 2.05) is 48.5 Å². The molecule has 4 aliphatic carbocycles. The maximum atomic E-state index is 12.9. The minimum Gasteiger partial charge on any atom is -0.350 e. The van der Waals surface area contributed by atoms with Gasteiger partial charge < -0.3 is 10.6 Å². The fourth-order valence-electron chi connectivity index (χ4n) is 6.50. The summed E-state index contributed by atoms with van der Waals surface area (Å²) in [6.45, 7) is 2.54. The van der Waals surface area contributed by atoms with Crippen LogP contribution in [0, 0.1) is 24.7 Å². The van der Waals surface area contributed by atoms with Gasteiger partial charge in [-0.05, 0) is 80.9 Å². The number of rotatable bonds is 7. The largest absolute Gasteiger partial charge is 0.350 e. The van der Waals surface area contributed by atoms with Crippen molar-refractivity contribution in [2.45, 2.75) is 62.4 Å². The third kappa shape index (κ3) is 4.73. The molecule has 2 amide bonds. The molecule has 0 saturated heterocycles. The fraction of sp³-hybridized carbons (Fsp3) is 0.481. The second-order valence-electron chi connectivity index (χ2n) is 10.2. The van der Waals surface area contributed by atoms with E-state index in [1.165, 1.54) is 36.6 Å². The van der Waals surface area contributed by atoms with Crippen LogP contribution in [0.3, 0.4) is 0 Å². The van der Waals surface area contributed by atoms with Crippen molar-refractivity contribution in [2.24, 2.45) is 17.8 Å². The molecule has 0 spiro atoms. The van der Waals surface area contributed by atoms with Gasteiger partial charge in [-0.2, -0.15) is 0 Å². The first-order valence-electron chi connectivity index (χ1n) is 11.8. The standard InChI is InChI=1S/C27H32N2O2S/c1-18-6-8-19(9-7-18)16-28-26(31)23-4-2-3-5-24(23)32-17-25(30)29-27-13-20-10-21(14-27)12-22(11-20)15-27/h2-9,20-22H,10-17H2,1H3,(H,28,31)(H,29,30). The van der Waals surface area contributed by atoms with E-state index in [4.69, 9.17) is 0 Å². The van der Waals surface area contributed by atoms with Gasteiger partial charge in [0.15, 0.2) is 0 Å². The molecule has 4 nitrogen and oxygen atoms in total. The number of carbonyl (C=O) groups excluding carboxylic acids is 2. The maximum absolute atomic E-state index is 12.9. The van der Waals surface area contributed by atoms with Crippen molar-refractivity contribution in [2.75, 3.05) is 5.75 Å². The number of amides is 2. The molecule has 4 aliphatic rings. The molecule has 4 bridgehead atoms. The lowest BCUT2D eigenvalue weighted by molar-refractivity contribution is -0.124. The van der Waals surface area contributed by atoms with E-state index >= 15 is 0 Å². The normalized spacial score (nSPS) is 27.8. The van der Waals surface area contributed by atoms with Crippen LogP contribution in [0.5, 0.6) is 0 Å². The number of nitrogens with one attached hydrogen (secondary N) is 2. The van der Waals surface area contributed by atoms with Crippen LogP contribution in [0.2, 0.25) is 0 Å². The molecule has 0 aromatic heterocycles. The zero-order valence-electron chi connectivity index (χ0n) is 18.7. The van der Waals surface area contributed by atoms with Gasteiger partial charge in [-0.3, -0.25) is 9.59 Å². The van der Waals surface area contributed by atoms with E-state index in [9.17, 15) is 9.59 Å². The molecule has 2 N–H and O–H groups in total. The van der Waals surface area contributed by atoms with Crippen molar-refractivity contribution < 1.29 is 9.59 Å². The first-order valence-corrected chi connectivity index (χ1v) is 12.8. The SMILES string of the molecule is Cc1ccc(CNC(=O)c2ccccc2SCC(=O)NC23CC4CC(CC(C4)C2)C3)cc1. The summed E-state index contributed by atoms with van der Waals surface area (Å²) in [6, 6.07) is 15.7. The molecule has 2 aromatic carbocycles. The van der Waals surface area contributed by atoms with Crippen molar-refractivity contribution in [3.05, 3.63) is 65.2 Å². The molecule has 0 aliphatic heterocycles. The minimum absolute atomic E-state index is 0.0390. The van der Waals surface area contributed by atoms with Crippen molar-refractivity contribution >= 4 is 23.6 Å². The van der Waals surface area contributed by atoms with Crippen LogP contribution in [0.4, 0.5) is 0 Å². The van der Waals surface area contributed by atoms with Gasteiger partial charge in [0, 0.05) is 17.0 Å². The van der Waals surface area contributed by atoms with Gasteiger partial charge in [0.2, 0.25) is 5.91 Å². The summed E-state index contributed by atoms with van der Waals surface area (Å²) in [5.74, 6) is 2.79. The van der Waals surface area contributed by atoms with E-state index in [2.05, 4.69) is 17.6 Å². The summed E-state index contributed by atoms with van der Waals surface area (Å²) < 4.78 is 0. The molecule has 6 rings (SSSR count). The Bertz CT molecular complexity index is 966. The van der Waals surface area contributed by atoms with Crippen LogP contribution >= 0.6 is 11.8 Å². The highest BCUT2D eigenvalue weighted by atomic mass is 32.2. The fourth-order valence-corrected chi connectivity index (χ4v) is 7.35. The van der Waals surface area contributed by atoms with Gasteiger partial charge in [0.1, 0.15) is 0 Å². The third-order valence-corrected chi connectivity index (χ3v) is 8.58. The Kier molecular flexibility index (Phi) is 6.02. The van der Waals surface area contributed by atoms with Crippen molar-refractivity contribution in [1.29, 1.82) is 0 Å². The monoisotopic (exact) mass is 448 g/mol. The van der Waals surface area contributed by atoms with Gasteiger partial charge in [0.05, 0.1) is 11.3 Å². The Labute approximate surface area is 194 Å². The highest BCUT2D eigenvalue weighted by Crippen LogP contribution is 2.55. The zero-order valence-corrected chi connectivity index (χ0v) is 19.5. The third-order valence-electron chi connectivity index (χ3n) is 7.51. The molecule has 0 heterocycles. The van der Waals surface area contributed by atoms with Gasteiger partial charge >= 0.3 is 0 Å². The van der Waals surface area contributed by atoms with Crippen molar-refractivity contribution in [1.82, 2.24) is 10.6 Å². The lowest BCUT2D eigenvalue weighted by Gasteiger charge is -2.56. The second-order valence-corrected chi connectivity index (χ2v) is 11.2. The predicted molar refractivity (Wildman–Crippen MR) is 129 cm³/mol. The molecule has 168 valence electrons. The summed E-state index contributed by atoms with van der Waals surface area (Å²) in [6.07, 6.45) is 7.59. The summed E-state index contributed by atoms with van der Waals surface area (Å²) >= 11 is 1.46. The highest BCUT2D eigenvalue weighted by Gasteiger charge is 2.51. The summed E-state index contributed by atoms with van der Waals surface area (Å²) in [7, 11) is 0. The molecule has 32 heavy (non-hydrogen) atoms. The average molecular weight is 449 g/mol. The van der Waals surface area contributed by atoms with E-state index < -0.39 is 0 Å². The maximum Gasteiger partial charge on any atom is 0.252 e. The predicted octanol–water partition coefficient (Wildman–Crippen LogP) is 5.10. The van der Waals surface area contributed by atoms with Gasteiger partial charge in [-0.25, -0.2) is 0 Å². The van der Waals surface area contributed by atoms with Crippen LogP contribution in [0.1, 0.15) is 60.0 Å². The van der Waals surface area contributed by atoms with Crippen LogP contribution in [0.25, 0.3) is 0 Å². The Hall–Kier alpha value is -2.27. The summed E-state index contributed by atoms with van der Waals surface area (Å²) in [5.41, 5.74) is 2.95. The van der Waals surface area contributed by atoms with E-state index in [1.54, 1.807) is 0 Å². The van der Waals surface area contributed by atoms with E-state index in [0.29, 0.717) is 17.9 Å². The first-order chi connectivity index (χ1) is 15.5. The number of carbonyl (C=O) groups is 2. The molecule has 0 unspecified atom stereocenters. The van der Waals surface area contributed by atoms with Crippen LogP contribution in [-0.4, -0.2) is 23.1 Å². The highest BCUT2D eigenvalue weighted by molar-refractivity contribution is 8.00. The average Bonchev–Trinajstić information content (AvgIpc) is 2.76. The van der Waals surface area contributed by atoms with Crippen LogP contribution in [-0.2, 0) is 11.3 Å². The number of hydrogen-bond donors (Lipinski definition) is 2. The quantitative estimate of drug-likeness (QED) is 0.579. The van der Waals surface area contributed by atoms with Gasteiger partial charge in [-0.15, -0.1) is 11.8 Å². The Balaban J connectivity index is 1.17. The molecule has 5 heteroatoms. The van der Waals surface area contributed by atoms with Gasteiger partial charge in [-0.1, -0.05) is 42.0 Å². The molecular weight excluding hydrogens is 416 g/mol. The topological polar surface area (TPSA) is 58.2 Å². The smallest absolute Gasteiger partial charge is 0.252 e. The zero-order chi connectivity index (χ0) is 22.1. The minimum atomic E-state index is -0.102. The Morgan fingerprint density at radius 3 is 2.22 bits per heavy atom. The Morgan fingerprint density at radius 2 is 1.56 bits per heavy atom. The number of benzene rings is 2.